The largest absolute Gasteiger partial charge is 0.480 e. The number of rotatable bonds is 7. The van der Waals surface area contributed by atoms with Crippen LogP contribution in [-0.2, 0) is 9.53 Å². The minimum absolute atomic E-state index is 0.318. The summed E-state index contributed by atoms with van der Waals surface area (Å²) >= 11 is 0. The minimum Gasteiger partial charge on any atom is -0.480 e. The number of amides is 2. The van der Waals surface area contributed by atoms with Crippen LogP contribution in [0.15, 0.2) is 0 Å². The van der Waals surface area contributed by atoms with Crippen molar-refractivity contribution in [3.05, 3.63) is 0 Å². The van der Waals surface area contributed by atoms with Gasteiger partial charge in [-0.1, -0.05) is 0 Å². The molecule has 0 bridgehead atoms. The number of nitrogens with zero attached hydrogens (tertiary/aromatic N) is 2. The molecule has 1 heterocycles. The average Bonchev–Trinajstić information content (AvgIpc) is 2.82. The number of ether oxygens (including phenoxy) is 1. The fourth-order valence-corrected chi connectivity index (χ4v) is 1.95. The number of hydrogen-bond acceptors (Lipinski definition) is 4. The molecule has 1 atom stereocenters. The van der Waals surface area contributed by atoms with Gasteiger partial charge in [-0.2, -0.15) is 0 Å². The van der Waals surface area contributed by atoms with Gasteiger partial charge in [-0.05, 0) is 26.9 Å². The molecule has 7 heteroatoms. The Bertz CT molecular complexity index is 309. The SMILES string of the molecule is CN(C)CCOCCNC(=O)N1CCCC1C(=O)O. The van der Waals surface area contributed by atoms with E-state index in [0.717, 1.165) is 13.0 Å². The van der Waals surface area contributed by atoms with E-state index in [1.165, 1.54) is 4.90 Å². The smallest absolute Gasteiger partial charge is 0.326 e. The summed E-state index contributed by atoms with van der Waals surface area (Å²) in [5.74, 6) is -0.935. The van der Waals surface area contributed by atoms with E-state index in [1.807, 2.05) is 19.0 Å². The van der Waals surface area contributed by atoms with Crippen LogP contribution in [0, 0.1) is 0 Å². The van der Waals surface area contributed by atoms with Gasteiger partial charge in [0.25, 0.3) is 0 Å². The number of hydrogen-bond donors (Lipinski definition) is 2. The molecule has 0 aromatic carbocycles. The lowest BCUT2D eigenvalue weighted by atomic mass is 10.2. The van der Waals surface area contributed by atoms with Crippen LogP contribution < -0.4 is 5.32 Å². The Morgan fingerprint density at radius 2 is 2.16 bits per heavy atom. The average molecular weight is 273 g/mol. The number of nitrogens with one attached hydrogen (secondary N) is 1. The van der Waals surface area contributed by atoms with E-state index >= 15 is 0 Å². The normalized spacial score (nSPS) is 18.9. The van der Waals surface area contributed by atoms with E-state index in [-0.39, 0.29) is 6.03 Å². The molecular formula is C12H23N3O4. The second-order valence-electron chi connectivity index (χ2n) is 4.84. The third kappa shape index (κ3) is 5.44. The predicted octanol–water partition coefficient (Wildman–Crippen LogP) is -0.177. The van der Waals surface area contributed by atoms with Crippen molar-refractivity contribution in [3.8, 4) is 0 Å². The van der Waals surface area contributed by atoms with Gasteiger partial charge < -0.3 is 25.0 Å². The third-order valence-corrected chi connectivity index (χ3v) is 3.00. The lowest BCUT2D eigenvalue weighted by Gasteiger charge is -2.21. The van der Waals surface area contributed by atoms with Crippen molar-refractivity contribution < 1.29 is 19.4 Å². The molecule has 2 N–H and O–H groups in total. The van der Waals surface area contributed by atoms with Gasteiger partial charge in [-0.25, -0.2) is 9.59 Å². The summed E-state index contributed by atoms with van der Waals surface area (Å²) in [6.45, 7) is 2.79. The van der Waals surface area contributed by atoms with Crippen LogP contribution in [0.1, 0.15) is 12.8 Å². The Labute approximate surface area is 113 Å². The van der Waals surface area contributed by atoms with E-state index in [4.69, 9.17) is 9.84 Å². The van der Waals surface area contributed by atoms with Crippen molar-refractivity contribution in [2.24, 2.45) is 0 Å². The van der Waals surface area contributed by atoms with Gasteiger partial charge in [-0.15, -0.1) is 0 Å². The second kappa shape index (κ2) is 7.96. The van der Waals surface area contributed by atoms with Gasteiger partial charge in [0.05, 0.1) is 13.2 Å². The summed E-state index contributed by atoms with van der Waals surface area (Å²) in [6.07, 6.45) is 1.27. The van der Waals surface area contributed by atoms with E-state index in [2.05, 4.69) is 5.32 Å². The van der Waals surface area contributed by atoms with Gasteiger partial charge >= 0.3 is 12.0 Å². The zero-order valence-corrected chi connectivity index (χ0v) is 11.6. The molecule has 1 aliphatic rings. The van der Waals surface area contributed by atoms with Crippen LogP contribution >= 0.6 is 0 Å². The maximum Gasteiger partial charge on any atom is 0.326 e. The number of carbonyl (C=O) groups excluding carboxylic acids is 1. The predicted molar refractivity (Wildman–Crippen MR) is 70.1 cm³/mol. The summed E-state index contributed by atoms with van der Waals surface area (Å²) in [5, 5.41) is 11.7. The minimum atomic E-state index is -0.935. The van der Waals surface area contributed by atoms with Crippen LogP contribution in [0.4, 0.5) is 4.79 Å². The van der Waals surface area contributed by atoms with Crippen molar-refractivity contribution in [1.29, 1.82) is 0 Å². The van der Waals surface area contributed by atoms with Gasteiger partial charge in [0.1, 0.15) is 6.04 Å². The van der Waals surface area contributed by atoms with E-state index in [0.29, 0.717) is 32.7 Å². The molecule has 0 saturated carbocycles. The highest BCUT2D eigenvalue weighted by molar-refractivity contribution is 5.83. The van der Waals surface area contributed by atoms with Gasteiger partial charge in [-0.3, -0.25) is 0 Å². The Morgan fingerprint density at radius 1 is 1.42 bits per heavy atom. The van der Waals surface area contributed by atoms with E-state index in [1.54, 1.807) is 0 Å². The molecule has 0 spiro atoms. The first-order valence-corrected chi connectivity index (χ1v) is 6.52. The molecular weight excluding hydrogens is 250 g/mol. The van der Waals surface area contributed by atoms with Crippen LogP contribution in [0.5, 0.6) is 0 Å². The number of carbonyl (C=O) groups is 2. The molecule has 1 unspecified atom stereocenters. The molecule has 110 valence electrons. The van der Waals surface area contributed by atoms with Crippen molar-refractivity contribution in [2.75, 3.05) is 46.9 Å². The number of urea groups is 1. The quantitative estimate of drug-likeness (QED) is 0.629. The first-order valence-electron chi connectivity index (χ1n) is 6.52. The maximum absolute atomic E-state index is 11.8. The highest BCUT2D eigenvalue weighted by atomic mass is 16.5. The zero-order chi connectivity index (χ0) is 14.3. The Kier molecular flexibility index (Phi) is 6.58. The van der Waals surface area contributed by atoms with E-state index in [9.17, 15) is 9.59 Å². The van der Waals surface area contributed by atoms with Crippen molar-refractivity contribution in [2.45, 2.75) is 18.9 Å². The van der Waals surface area contributed by atoms with E-state index < -0.39 is 12.0 Å². The molecule has 1 rings (SSSR count). The van der Waals surface area contributed by atoms with Gasteiger partial charge in [0, 0.05) is 19.6 Å². The number of carboxylic acids is 1. The summed E-state index contributed by atoms with van der Waals surface area (Å²) in [7, 11) is 3.93. The fourth-order valence-electron chi connectivity index (χ4n) is 1.95. The summed E-state index contributed by atoms with van der Waals surface area (Å²) in [4.78, 5) is 26.1. The molecule has 19 heavy (non-hydrogen) atoms. The van der Waals surface area contributed by atoms with Gasteiger partial charge in [0.15, 0.2) is 0 Å². The lowest BCUT2D eigenvalue weighted by Crippen LogP contribution is -2.46. The molecule has 1 aliphatic heterocycles. The first-order chi connectivity index (χ1) is 9.02. The summed E-state index contributed by atoms with van der Waals surface area (Å²) in [5.41, 5.74) is 0. The van der Waals surface area contributed by atoms with Crippen LogP contribution in [0.2, 0.25) is 0 Å². The Hall–Kier alpha value is -1.34. The number of likely N-dealkylation sites (N-methyl/N-ethyl adjacent to an activating group) is 1. The van der Waals surface area contributed by atoms with Gasteiger partial charge in [0.2, 0.25) is 0 Å². The molecule has 0 aromatic rings. The topological polar surface area (TPSA) is 82.1 Å². The molecule has 1 fully saturated rings. The van der Waals surface area contributed by atoms with Crippen molar-refractivity contribution in [1.82, 2.24) is 15.1 Å². The van der Waals surface area contributed by atoms with Crippen LogP contribution in [-0.4, -0.2) is 79.9 Å². The van der Waals surface area contributed by atoms with Crippen molar-refractivity contribution >= 4 is 12.0 Å². The Morgan fingerprint density at radius 3 is 2.79 bits per heavy atom. The highest BCUT2D eigenvalue weighted by Crippen LogP contribution is 2.16. The van der Waals surface area contributed by atoms with Crippen LogP contribution in [0.25, 0.3) is 0 Å². The number of aliphatic carboxylic acids is 1. The standard InChI is InChI=1S/C12H23N3O4/c1-14(2)7-9-19-8-5-13-12(18)15-6-3-4-10(15)11(16)17/h10H,3-9H2,1-2H3,(H,13,18)(H,16,17). The first kappa shape index (κ1) is 15.7. The van der Waals surface area contributed by atoms with Crippen LogP contribution in [0.3, 0.4) is 0 Å². The molecule has 2 amide bonds. The summed E-state index contributed by atoms with van der Waals surface area (Å²) in [6, 6.07) is -1.00. The van der Waals surface area contributed by atoms with Crippen molar-refractivity contribution in [3.63, 3.8) is 0 Å². The number of likely N-dealkylation sites (tertiary alicyclic amines) is 1. The second-order valence-corrected chi connectivity index (χ2v) is 4.84. The third-order valence-electron chi connectivity index (χ3n) is 3.00. The monoisotopic (exact) mass is 273 g/mol. The molecule has 0 aliphatic carbocycles. The zero-order valence-electron chi connectivity index (χ0n) is 11.6. The molecule has 1 saturated heterocycles. The number of carboxylic acid groups (broad SMARTS) is 1. The molecule has 0 radical (unpaired) electrons. The molecule has 0 aromatic heterocycles. The highest BCUT2D eigenvalue weighted by Gasteiger charge is 2.33. The lowest BCUT2D eigenvalue weighted by molar-refractivity contribution is -0.141. The summed E-state index contributed by atoms with van der Waals surface area (Å²) < 4.78 is 5.34. The molecule has 7 nitrogen and oxygen atoms in total. The maximum atomic E-state index is 11.8. The fraction of sp³-hybridized carbons (Fsp3) is 0.833. The Balaban J connectivity index is 2.15.